The molecule has 0 bridgehead atoms. The molecule has 0 aromatic rings. The second-order valence-corrected chi connectivity index (χ2v) is 4.08. The van der Waals surface area contributed by atoms with Crippen LogP contribution in [0.2, 0.25) is 0 Å². The van der Waals surface area contributed by atoms with E-state index >= 15 is 0 Å². The van der Waals surface area contributed by atoms with Crippen LogP contribution < -0.4 is 0 Å². The van der Waals surface area contributed by atoms with Gasteiger partial charge in [0, 0.05) is 18.7 Å². The predicted molar refractivity (Wildman–Crippen MR) is 56.2 cm³/mol. The standard InChI is InChI=1S/C11H19NO2/c1-4-9(11(13)14)10-5-6-12(3)7-8(10)2/h8H,4-7H2,1-3H3,(H,13,14)/b10-9-. The summed E-state index contributed by atoms with van der Waals surface area (Å²) in [7, 11) is 2.08. The number of carbonyl (C=O) groups is 1. The normalized spacial score (nSPS) is 27.5. The number of aliphatic carboxylic acids is 1. The van der Waals surface area contributed by atoms with Gasteiger partial charge in [-0.3, -0.25) is 0 Å². The molecule has 1 heterocycles. The van der Waals surface area contributed by atoms with Crippen LogP contribution in [0.4, 0.5) is 0 Å². The fourth-order valence-electron chi connectivity index (χ4n) is 2.19. The van der Waals surface area contributed by atoms with Gasteiger partial charge >= 0.3 is 5.97 Å². The third kappa shape index (κ3) is 2.35. The van der Waals surface area contributed by atoms with Crippen molar-refractivity contribution < 1.29 is 9.90 Å². The van der Waals surface area contributed by atoms with Crippen LogP contribution in [0.3, 0.4) is 0 Å². The van der Waals surface area contributed by atoms with Gasteiger partial charge < -0.3 is 10.0 Å². The molecule has 1 aliphatic heterocycles. The zero-order chi connectivity index (χ0) is 10.7. The van der Waals surface area contributed by atoms with E-state index < -0.39 is 5.97 Å². The molecule has 0 spiro atoms. The molecule has 0 amide bonds. The molecule has 1 N–H and O–H groups in total. The third-order valence-electron chi connectivity index (χ3n) is 2.94. The molecule has 0 aliphatic carbocycles. The Kier molecular flexibility index (Phi) is 3.69. The number of likely N-dealkylation sites (tertiary alicyclic amines) is 1. The van der Waals surface area contributed by atoms with Crippen molar-refractivity contribution in [3.63, 3.8) is 0 Å². The number of rotatable bonds is 2. The average molecular weight is 197 g/mol. The van der Waals surface area contributed by atoms with E-state index in [1.54, 1.807) is 0 Å². The van der Waals surface area contributed by atoms with Crippen LogP contribution >= 0.6 is 0 Å². The van der Waals surface area contributed by atoms with Crippen LogP contribution in [0.25, 0.3) is 0 Å². The van der Waals surface area contributed by atoms with E-state index in [0.717, 1.165) is 25.1 Å². The Labute approximate surface area is 85.4 Å². The quantitative estimate of drug-likeness (QED) is 0.686. The van der Waals surface area contributed by atoms with E-state index in [2.05, 4.69) is 18.9 Å². The summed E-state index contributed by atoms with van der Waals surface area (Å²) < 4.78 is 0. The number of piperidine rings is 1. The van der Waals surface area contributed by atoms with Gasteiger partial charge in [-0.1, -0.05) is 19.4 Å². The first-order valence-corrected chi connectivity index (χ1v) is 5.20. The summed E-state index contributed by atoms with van der Waals surface area (Å²) in [6.07, 6.45) is 1.55. The Hall–Kier alpha value is -0.830. The molecule has 3 heteroatoms. The highest BCUT2D eigenvalue weighted by Gasteiger charge is 2.23. The summed E-state index contributed by atoms with van der Waals surface area (Å²) in [4.78, 5) is 13.2. The van der Waals surface area contributed by atoms with Gasteiger partial charge in [-0.2, -0.15) is 0 Å². The summed E-state index contributed by atoms with van der Waals surface area (Å²) >= 11 is 0. The summed E-state index contributed by atoms with van der Waals surface area (Å²) in [5, 5.41) is 9.04. The molecule has 0 saturated carbocycles. The van der Waals surface area contributed by atoms with Gasteiger partial charge in [0.1, 0.15) is 0 Å². The Morgan fingerprint density at radius 3 is 2.71 bits per heavy atom. The van der Waals surface area contributed by atoms with Crippen LogP contribution in [0.5, 0.6) is 0 Å². The molecular formula is C11H19NO2. The van der Waals surface area contributed by atoms with Gasteiger partial charge in [0.25, 0.3) is 0 Å². The molecule has 1 fully saturated rings. The third-order valence-corrected chi connectivity index (χ3v) is 2.94. The molecule has 1 atom stereocenters. The van der Waals surface area contributed by atoms with Crippen molar-refractivity contribution in [3.05, 3.63) is 11.1 Å². The van der Waals surface area contributed by atoms with Crippen molar-refractivity contribution >= 4 is 5.97 Å². The Morgan fingerprint density at radius 2 is 2.29 bits per heavy atom. The van der Waals surface area contributed by atoms with Gasteiger partial charge in [0.05, 0.1) is 0 Å². The maximum absolute atomic E-state index is 11.0. The molecule has 1 saturated heterocycles. The van der Waals surface area contributed by atoms with Crippen molar-refractivity contribution in [1.29, 1.82) is 0 Å². The summed E-state index contributed by atoms with van der Waals surface area (Å²) in [6.45, 7) is 5.99. The largest absolute Gasteiger partial charge is 0.478 e. The highest BCUT2D eigenvalue weighted by atomic mass is 16.4. The maximum Gasteiger partial charge on any atom is 0.331 e. The fourth-order valence-corrected chi connectivity index (χ4v) is 2.19. The van der Waals surface area contributed by atoms with E-state index in [1.807, 2.05) is 6.92 Å². The average Bonchev–Trinajstić information content (AvgIpc) is 2.09. The van der Waals surface area contributed by atoms with Crippen LogP contribution in [0.15, 0.2) is 11.1 Å². The zero-order valence-electron chi connectivity index (χ0n) is 9.21. The van der Waals surface area contributed by atoms with E-state index in [4.69, 9.17) is 5.11 Å². The van der Waals surface area contributed by atoms with E-state index in [1.165, 1.54) is 0 Å². The van der Waals surface area contributed by atoms with Gasteiger partial charge in [-0.05, 0) is 25.8 Å². The van der Waals surface area contributed by atoms with Crippen LogP contribution in [-0.4, -0.2) is 36.1 Å². The highest BCUT2D eigenvalue weighted by Crippen LogP contribution is 2.26. The molecule has 0 aromatic carbocycles. The molecule has 80 valence electrons. The van der Waals surface area contributed by atoms with Gasteiger partial charge in [0.15, 0.2) is 0 Å². The minimum atomic E-state index is -0.737. The topological polar surface area (TPSA) is 40.5 Å². The summed E-state index contributed by atoms with van der Waals surface area (Å²) in [6, 6.07) is 0. The first-order valence-electron chi connectivity index (χ1n) is 5.20. The molecule has 0 radical (unpaired) electrons. The van der Waals surface area contributed by atoms with Gasteiger partial charge in [0.2, 0.25) is 0 Å². The van der Waals surface area contributed by atoms with Crippen molar-refractivity contribution in [3.8, 4) is 0 Å². The maximum atomic E-state index is 11.0. The van der Waals surface area contributed by atoms with Crippen molar-refractivity contribution in [1.82, 2.24) is 4.90 Å². The first kappa shape index (κ1) is 11.2. The van der Waals surface area contributed by atoms with Crippen molar-refractivity contribution in [2.45, 2.75) is 26.7 Å². The zero-order valence-corrected chi connectivity index (χ0v) is 9.21. The molecule has 0 aromatic heterocycles. The van der Waals surface area contributed by atoms with Crippen molar-refractivity contribution in [2.75, 3.05) is 20.1 Å². The molecular weight excluding hydrogens is 178 g/mol. The molecule has 1 rings (SSSR count). The molecule has 1 aliphatic rings. The number of carboxylic acids is 1. The van der Waals surface area contributed by atoms with Crippen LogP contribution in [0, 0.1) is 5.92 Å². The lowest BCUT2D eigenvalue weighted by atomic mass is 9.88. The lowest BCUT2D eigenvalue weighted by Gasteiger charge is -2.31. The second kappa shape index (κ2) is 4.60. The number of hydrogen-bond donors (Lipinski definition) is 1. The fraction of sp³-hybridized carbons (Fsp3) is 0.727. The Balaban J connectivity index is 2.88. The Bertz CT molecular complexity index is 258. The van der Waals surface area contributed by atoms with Gasteiger partial charge in [-0.15, -0.1) is 0 Å². The van der Waals surface area contributed by atoms with E-state index in [9.17, 15) is 4.79 Å². The lowest BCUT2D eigenvalue weighted by Crippen LogP contribution is -2.33. The highest BCUT2D eigenvalue weighted by molar-refractivity contribution is 5.87. The molecule has 3 nitrogen and oxygen atoms in total. The van der Waals surface area contributed by atoms with E-state index in [0.29, 0.717) is 17.9 Å². The van der Waals surface area contributed by atoms with Crippen LogP contribution in [0.1, 0.15) is 26.7 Å². The molecule has 14 heavy (non-hydrogen) atoms. The van der Waals surface area contributed by atoms with Crippen molar-refractivity contribution in [2.24, 2.45) is 5.92 Å². The SMILES string of the molecule is CC/C(C(=O)O)=C1\CCN(C)CC1C. The summed E-state index contributed by atoms with van der Waals surface area (Å²) in [5.41, 5.74) is 1.78. The van der Waals surface area contributed by atoms with Crippen LogP contribution in [-0.2, 0) is 4.79 Å². The predicted octanol–water partition coefficient (Wildman–Crippen LogP) is 1.75. The second-order valence-electron chi connectivity index (χ2n) is 4.08. The lowest BCUT2D eigenvalue weighted by molar-refractivity contribution is -0.132. The minimum absolute atomic E-state index is 0.389. The Morgan fingerprint density at radius 1 is 1.64 bits per heavy atom. The van der Waals surface area contributed by atoms with Gasteiger partial charge in [-0.25, -0.2) is 4.79 Å². The number of hydrogen-bond acceptors (Lipinski definition) is 2. The summed E-state index contributed by atoms with van der Waals surface area (Å²) in [5.74, 6) is -0.348. The molecule has 1 unspecified atom stereocenters. The smallest absolute Gasteiger partial charge is 0.331 e. The monoisotopic (exact) mass is 197 g/mol. The minimum Gasteiger partial charge on any atom is -0.478 e. The number of nitrogens with zero attached hydrogens (tertiary/aromatic N) is 1. The first-order chi connectivity index (χ1) is 6.56. The van der Waals surface area contributed by atoms with E-state index in [-0.39, 0.29) is 0 Å². The number of carboxylic acid groups (broad SMARTS) is 1.